The number of carbonyl (C=O) groups is 2. The number of rotatable bonds is 4. The number of benzene rings is 1. The molecule has 8 heteroatoms. The summed E-state index contributed by atoms with van der Waals surface area (Å²) in [5.74, 6) is 0.743. The van der Waals surface area contributed by atoms with Gasteiger partial charge in [0.2, 0.25) is 12.3 Å². The lowest BCUT2D eigenvalue weighted by molar-refractivity contribution is -0.121. The summed E-state index contributed by atoms with van der Waals surface area (Å²) < 4.78 is 0. The van der Waals surface area contributed by atoms with Crippen molar-refractivity contribution in [2.24, 2.45) is 4.99 Å². The van der Waals surface area contributed by atoms with Crippen molar-refractivity contribution < 1.29 is 9.59 Å². The summed E-state index contributed by atoms with van der Waals surface area (Å²) in [5.41, 5.74) is 7.97. The number of piperazine rings is 1. The number of nitrogens with one attached hydrogen (secondary N) is 2. The van der Waals surface area contributed by atoms with E-state index >= 15 is 0 Å². The lowest BCUT2D eigenvalue weighted by Gasteiger charge is -2.43. The third-order valence-corrected chi connectivity index (χ3v) is 5.45. The molecule has 8 nitrogen and oxygen atoms in total. The molecule has 2 amide bonds. The van der Waals surface area contributed by atoms with Gasteiger partial charge in [-0.05, 0) is 17.7 Å². The molecule has 0 aliphatic carbocycles. The van der Waals surface area contributed by atoms with Gasteiger partial charge in [0.05, 0.1) is 18.3 Å². The number of aromatic nitrogens is 1. The highest BCUT2D eigenvalue weighted by Crippen LogP contribution is 2.35. The number of anilines is 2. The van der Waals surface area contributed by atoms with E-state index in [2.05, 4.69) is 39.3 Å². The minimum atomic E-state index is -0.516. The van der Waals surface area contributed by atoms with Crippen LogP contribution in [0.2, 0.25) is 0 Å². The fraction of sp³-hybridized carbons (Fsp3) is 0.238. The number of hydrogen-bond acceptors (Lipinski definition) is 6. The van der Waals surface area contributed by atoms with Crippen molar-refractivity contribution in [3.8, 4) is 0 Å². The predicted molar refractivity (Wildman–Crippen MR) is 112 cm³/mol. The molecule has 1 aromatic carbocycles. The Labute approximate surface area is 167 Å². The van der Waals surface area contributed by atoms with Gasteiger partial charge in [-0.3, -0.25) is 14.6 Å². The largest absolute Gasteiger partial charge is 0.382 e. The van der Waals surface area contributed by atoms with E-state index in [1.54, 1.807) is 6.20 Å². The molecular formula is C21H22N6O2. The van der Waals surface area contributed by atoms with Gasteiger partial charge in [-0.1, -0.05) is 36.9 Å². The Bertz CT molecular complexity index is 1100. The third kappa shape index (κ3) is 3.12. The number of hydrogen-bond donors (Lipinski definition) is 3. The maximum atomic E-state index is 12.7. The van der Waals surface area contributed by atoms with Crippen LogP contribution in [0.3, 0.4) is 0 Å². The molecule has 29 heavy (non-hydrogen) atoms. The van der Waals surface area contributed by atoms with Gasteiger partial charge in [-0.25, -0.2) is 4.98 Å². The molecule has 4 rings (SSSR count). The second-order valence-corrected chi connectivity index (χ2v) is 7.12. The molecule has 3 heterocycles. The second-order valence-electron chi connectivity index (χ2n) is 7.12. The first kappa shape index (κ1) is 18.7. The Morgan fingerprint density at radius 2 is 2.10 bits per heavy atom. The van der Waals surface area contributed by atoms with Crippen LogP contribution in [0, 0.1) is 0 Å². The van der Waals surface area contributed by atoms with Gasteiger partial charge in [0.1, 0.15) is 17.7 Å². The van der Waals surface area contributed by atoms with Gasteiger partial charge in [-0.15, -0.1) is 0 Å². The van der Waals surface area contributed by atoms with Crippen LogP contribution in [0.5, 0.6) is 0 Å². The van der Waals surface area contributed by atoms with E-state index in [0.717, 1.165) is 5.56 Å². The monoisotopic (exact) mass is 390 g/mol. The van der Waals surface area contributed by atoms with Crippen LogP contribution >= 0.6 is 0 Å². The summed E-state index contributed by atoms with van der Waals surface area (Å²) in [6, 6.07) is 9.32. The Kier molecular flexibility index (Phi) is 4.75. The van der Waals surface area contributed by atoms with Crippen molar-refractivity contribution in [1.82, 2.24) is 15.6 Å². The predicted octanol–water partition coefficient (Wildman–Crippen LogP) is -0.553. The first-order valence-corrected chi connectivity index (χ1v) is 9.34. The highest BCUT2D eigenvalue weighted by atomic mass is 16.2. The first-order valence-electron chi connectivity index (χ1n) is 9.34. The van der Waals surface area contributed by atoms with Crippen molar-refractivity contribution in [2.45, 2.75) is 24.9 Å². The van der Waals surface area contributed by atoms with E-state index in [4.69, 9.17) is 5.73 Å². The van der Waals surface area contributed by atoms with Crippen molar-refractivity contribution in [3.05, 3.63) is 52.5 Å². The smallest absolute Gasteiger partial charge is 0.247 e. The first-order chi connectivity index (χ1) is 14.0. The summed E-state index contributed by atoms with van der Waals surface area (Å²) in [4.78, 5) is 34.4. The molecule has 1 aromatic heterocycles. The fourth-order valence-electron chi connectivity index (χ4n) is 4.06. The molecule has 0 spiro atoms. The molecule has 1 fully saturated rings. The minimum absolute atomic E-state index is 0.0361. The van der Waals surface area contributed by atoms with Crippen LogP contribution < -0.4 is 31.7 Å². The normalized spacial score (nSPS) is 24.0. The molecule has 0 radical (unpaired) electrons. The Morgan fingerprint density at radius 1 is 1.34 bits per heavy atom. The summed E-state index contributed by atoms with van der Waals surface area (Å²) in [6.45, 7) is 6.38. The van der Waals surface area contributed by atoms with Gasteiger partial charge in [0, 0.05) is 23.5 Å². The van der Waals surface area contributed by atoms with E-state index < -0.39 is 6.04 Å². The number of amidine groups is 1. The number of fused-ring (bicyclic) bond motifs is 1. The van der Waals surface area contributed by atoms with E-state index in [1.807, 2.05) is 30.0 Å². The quantitative estimate of drug-likeness (QED) is 0.606. The molecular weight excluding hydrogens is 368 g/mol. The van der Waals surface area contributed by atoms with Gasteiger partial charge in [-0.2, -0.15) is 0 Å². The van der Waals surface area contributed by atoms with Gasteiger partial charge in [0.25, 0.3) is 0 Å². The molecule has 2 aromatic rings. The number of carbonyl (C=O) groups excluding carboxylic acids is 2. The Balaban J connectivity index is 1.92. The molecule has 1 saturated heterocycles. The maximum absolute atomic E-state index is 12.7. The summed E-state index contributed by atoms with van der Waals surface area (Å²) >= 11 is 0. The molecule has 3 unspecified atom stereocenters. The Hall–Kier alpha value is -3.68. The number of pyridine rings is 1. The highest BCUT2D eigenvalue weighted by Gasteiger charge is 2.46. The lowest BCUT2D eigenvalue weighted by Crippen LogP contribution is -2.64. The zero-order valence-electron chi connectivity index (χ0n) is 16.0. The minimum Gasteiger partial charge on any atom is -0.382 e. The number of nitrogens with two attached hydrogens (primary N) is 1. The van der Waals surface area contributed by atoms with Crippen LogP contribution in [0.15, 0.2) is 41.5 Å². The zero-order valence-corrected chi connectivity index (χ0v) is 16.0. The lowest BCUT2D eigenvalue weighted by atomic mass is 9.89. The zero-order chi connectivity index (χ0) is 20.5. The van der Waals surface area contributed by atoms with Crippen molar-refractivity contribution in [1.29, 1.82) is 0 Å². The van der Waals surface area contributed by atoms with E-state index in [-0.39, 0.29) is 23.7 Å². The third-order valence-electron chi connectivity index (χ3n) is 5.45. The molecule has 2 aliphatic heterocycles. The summed E-state index contributed by atoms with van der Waals surface area (Å²) in [5, 5.41) is 6.70. The van der Waals surface area contributed by atoms with Gasteiger partial charge in [0.15, 0.2) is 0 Å². The average molecular weight is 390 g/mol. The maximum Gasteiger partial charge on any atom is 0.247 e. The van der Waals surface area contributed by atoms with Crippen LogP contribution in [-0.4, -0.2) is 41.8 Å². The number of nitrogens with zero attached hydrogens (tertiary/aromatic N) is 3. The van der Waals surface area contributed by atoms with Crippen molar-refractivity contribution >= 4 is 42.4 Å². The standard InChI is InChI=1S/C21H22N6O2/c1-12-8-24-19(22)17(15(12)9-23-11-28)27-13(2)21(29)26-20-18(27)16(10-25-20)14-6-4-3-5-7-14/h3-9,11,13,16,18H,1,10,22H2,2H3,(H,23,28)(H,25,26,29). The van der Waals surface area contributed by atoms with E-state index in [1.165, 1.54) is 6.20 Å². The molecule has 4 N–H and O–H groups in total. The van der Waals surface area contributed by atoms with Crippen LogP contribution in [0.4, 0.5) is 11.5 Å². The van der Waals surface area contributed by atoms with Crippen molar-refractivity contribution in [3.63, 3.8) is 0 Å². The highest BCUT2D eigenvalue weighted by molar-refractivity contribution is 6.10. The van der Waals surface area contributed by atoms with Crippen LogP contribution in [0.25, 0.3) is 12.8 Å². The fourth-order valence-corrected chi connectivity index (χ4v) is 4.06. The summed E-state index contributed by atoms with van der Waals surface area (Å²) in [6.07, 6.45) is 3.65. The number of amides is 2. The van der Waals surface area contributed by atoms with Gasteiger partial charge >= 0.3 is 0 Å². The molecule has 2 aliphatic rings. The topological polar surface area (TPSA) is 113 Å². The SMILES string of the molecule is C=c1cnc(N)c(N2C(C)C(=O)NC3=NCC(c4ccccc4)C32)c1=CNC=O. The molecule has 3 atom stereocenters. The van der Waals surface area contributed by atoms with Gasteiger partial charge < -0.3 is 21.3 Å². The Morgan fingerprint density at radius 3 is 2.83 bits per heavy atom. The van der Waals surface area contributed by atoms with E-state index in [9.17, 15) is 9.59 Å². The summed E-state index contributed by atoms with van der Waals surface area (Å²) in [7, 11) is 0. The second kappa shape index (κ2) is 7.38. The van der Waals surface area contributed by atoms with Crippen molar-refractivity contribution in [2.75, 3.05) is 17.2 Å². The van der Waals surface area contributed by atoms with E-state index in [0.29, 0.717) is 34.9 Å². The molecule has 0 saturated carbocycles. The number of nitrogen functional groups attached to an aromatic ring is 1. The van der Waals surface area contributed by atoms with Crippen LogP contribution in [-0.2, 0) is 9.59 Å². The number of aliphatic imine (C=N–C) groups is 1. The molecule has 148 valence electrons. The average Bonchev–Trinajstić information content (AvgIpc) is 3.14. The molecule has 0 bridgehead atoms. The van der Waals surface area contributed by atoms with Crippen LogP contribution in [0.1, 0.15) is 18.4 Å².